The maximum absolute atomic E-state index is 3.47. The molecule has 3 nitrogen and oxygen atoms in total. The van der Waals surface area contributed by atoms with Gasteiger partial charge in [-0.1, -0.05) is 12.5 Å². The van der Waals surface area contributed by atoms with Gasteiger partial charge >= 0.3 is 0 Å². The molecule has 2 heterocycles. The maximum atomic E-state index is 3.47. The van der Waals surface area contributed by atoms with E-state index in [1.54, 1.807) is 0 Å². The minimum absolute atomic E-state index is 0. The van der Waals surface area contributed by atoms with Crippen LogP contribution in [0.1, 0.15) is 30.9 Å². The van der Waals surface area contributed by atoms with Gasteiger partial charge in [0, 0.05) is 43.9 Å². The fourth-order valence-electron chi connectivity index (χ4n) is 3.75. The highest BCUT2D eigenvalue weighted by molar-refractivity contribution is 5.85. The van der Waals surface area contributed by atoms with E-state index in [2.05, 4.69) is 39.5 Å². The lowest BCUT2D eigenvalue weighted by Crippen LogP contribution is -2.47. The summed E-state index contributed by atoms with van der Waals surface area (Å²) in [5.74, 6) is 0.865. The molecule has 1 aromatic carbocycles. The molecule has 0 spiro atoms. The van der Waals surface area contributed by atoms with Crippen molar-refractivity contribution in [3.8, 4) is 0 Å². The van der Waals surface area contributed by atoms with Crippen LogP contribution in [0.4, 0.5) is 0 Å². The molecule has 1 aliphatic heterocycles. The molecule has 0 radical (unpaired) electrons. The van der Waals surface area contributed by atoms with Gasteiger partial charge < -0.3 is 10.3 Å². The van der Waals surface area contributed by atoms with E-state index in [-0.39, 0.29) is 24.8 Å². The molecule has 2 N–H and O–H groups in total. The standard InChI is InChI=1S/C17H23N3.2ClH/c1-2-13(3-1)17(20-10-8-18-9-11-20)15-4-5-16-14(12-15)6-7-19-16;;/h4-7,12-13,17-19H,1-3,8-11H2;2*1H/t17-;;/m1../s1. The maximum Gasteiger partial charge on any atom is 0.0454 e. The van der Waals surface area contributed by atoms with Gasteiger partial charge in [-0.3, -0.25) is 4.90 Å². The lowest BCUT2D eigenvalue weighted by molar-refractivity contribution is 0.0838. The smallest absolute Gasteiger partial charge is 0.0454 e. The monoisotopic (exact) mass is 341 g/mol. The topological polar surface area (TPSA) is 31.1 Å². The molecule has 0 unspecified atom stereocenters. The van der Waals surface area contributed by atoms with Gasteiger partial charge in [-0.25, -0.2) is 0 Å². The van der Waals surface area contributed by atoms with Gasteiger partial charge in [0.1, 0.15) is 0 Å². The predicted octanol–water partition coefficient (Wildman–Crippen LogP) is 3.76. The lowest BCUT2D eigenvalue weighted by atomic mass is 9.76. The zero-order valence-corrected chi connectivity index (χ0v) is 14.4. The Balaban J connectivity index is 0.000000882. The summed E-state index contributed by atoms with van der Waals surface area (Å²) < 4.78 is 0. The average Bonchev–Trinajstić information content (AvgIpc) is 2.91. The molecular weight excluding hydrogens is 317 g/mol. The van der Waals surface area contributed by atoms with E-state index in [1.165, 1.54) is 48.8 Å². The minimum atomic E-state index is 0. The number of aromatic amines is 1. The lowest BCUT2D eigenvalue weighted by Gasteiger charge is -2.43. The van der Waals surface area contributed by atoms with E-state index in [9.17, 15) is 0 Å². The molecule has 2 aromatic rings. The van der Waals surface area contributed by atoms with Crippen LogP contribution in [-0.4, -0.2) is 36.1 Å². The van der Waals surface area contributed by atoms with E-state index >= 15 is 0 Å². The quantitative estimate of drug-likeness (QED) is 0.890. The summed E-state index contributed by atoms with van der Waals surface area (Å²) in [4.78, 5) is 6.00. The number of benzene rings is 1. The number of hydrogen-bond acceptors (Lipinski definition) is 2. The number of fused-ring (bicyclic) bond motifs is 1. The Hall–Kier alpha value is -0.740. The van der Waals surface area contributed by atoms with Gasteiger partial charge in [0.05, 0.1) is 0 Å². The van der Waals surface area contributed by atoms with Crippen molar-refractivity contribution < 1.29 is 0 Å². The Bertz CT molecular complexity index is 588. The minimum Gasteiger partial charge on any atom is -0.361 e. The molecule has 2 aliphatic rings. The zero-order valence-electron chi connectivity index (χ0n) is 12.8. The molecule has 4 rings (SSSR count). The second-order valence-electron chi connectivity index (χ2n) is 6.25. The second-order valence-corrected chi connectivity index (χ2v) is 6.25. The molecule has 1 saturated carbocycles. The first-order valence-corrected chi connectivity index (χ1v) is 7.93. The third-order valence-corrected chi connectivity index (χ3v) is 5.06. The summed E-state index contributed by atoms with van der Waals surface area (Å²) in [6, 6.07) is 9.80. The van der Waals surface area contributed by atoms with Gasteiger partial charge in [0.15, 0.2) is 0 Å². The van der Waals surface area contributed by atoms with Crippen LogP contribution in [-0.2, 0) is 0 Å². The van der Waals surface area contributed by atoms with Crippen LogP contribution in [0.2, 0.25) is 0 Å². The number of nitrogens with zero attached hydrogens (tertiary/aromatic N) is 1. The largest absolute Gasteiger partial charge is 0.361 e. The Morgan fingerprint density at radius 2 is 1.82 bits per heavy atom. The second kappa shape index (κ2) is 7.69. The van der Waals surface area contributed by atoms with Gasteiger partial charge in [0.2, 0.25) is 0 Å². The first kappa shape index (κ1) is 17.6. The predicted molar refractivity (Wildman–Crippen MR) is 97.3 cm³/mol. The number of halogens is 2. The third kappa shape index (κ3) is 3.28. The van der Waals surface area contributed by atoms with Crippen LogP contribution < -0.4 is 5.32 Å². The van der Waals surface area contributed by atoms with Gasteiger partial charge in [-0.2, -0.15) is 0 Å². The highest BCUT2D eigenvalue weighted by atomic mass is 35.5. The average molecular weight is 342 g/mol. The van der Waals surface area contributed by atoms with Crippen LogP contribution in [0.5, 0.6) is 0 Å². The normalized spacial score (nSPS) is 20.7. The van der Waals surface area contributed by atoms with Gasteiger partial charge in [0.25, 0.3) is 0 Å². The Morgan fingerprint density at radius 3 is 2.50 bits per heavy atom. The molecule has 1 atom stereocenters. The molecule has 1 saturated heterocycles. The van der Waals surface area contributed by atoms with Crippen molar-refractivity contribution in [3.05, 3.63) is 36.0 Å². The number of nitrogens with one attached hydrogen (secondary N) is 2. The summed E-state index contributed by atoms with van der Waals surface area (Å²) in [5, 5.41) is 4.82. The van der Waals surface area contributed by atoms with Gasteiger partial charge in [-0.15, -0.1) is 24.8 Å². The number of hydrogen-bond donors (Lipinski definition) is 2. The zero-order chi connectivity index (χ0) is 13.4. The summed E-state index contributed by atoms with van der Waals surface area (Å²) in [7, 11) is 0. The SMILES string of the molecule is Cl.Cl.c1cc2cc([C@@H](C3CCC3)N3CCNCC3)ccc2[nH]1. The Labute approximate surface area is 144 Å². The van der Waals surface area contributed by atoms with Crippen molar-refractivity contribution in [2.75, 3.05) is 26.2 Å². The molecule has 1 aliphatic carbocycles. The molecule has 5 heteroatoms. The fraction of sp³-hybridized carbons (Fsp3) is 0.529. The van der Waals surface area contributed by atoms with E-state index in [0.29, 0.717) is 6.04 Å². The molecule has 0 bridgehead atoms. The molecule has 2 fully saturated rings. The summed E-state index contributed by atoms with van der Waals surface area (Å²) >= 11 is 0. The fourth-order valence-corrected chi connectivity index (χ4v) is 3.75. The van der Waals surface area contributed by atoms with E-state index in [0.717, 1.165) is 19.0 Å². The highest BCUT2D eigenvalue weighted by Crippen LogP contribution is 2.42. The summed E-state index contributed by atoms with van der Waals surface area (Å²) in [5.41, 5.74) is 2.77. The molecule has 0 amide bonds. The number of aromatic nitrogens is 1. The Morgan fingerprint density at radius 1 is 1.05 bits per heavy atom. The van der Waals surface area contributed by atoms with Crippen molar-refractivity contribution in [2.45, 2.75) is 25.3 Å². The number of rotatable bonds is 3. The molecule has 22 heavy (non-hydrogen) atoms. The van der Waals surface area contributed by atoms with E-state index in [4.69, 9.17) is 0 Å². The van der Waals surface area contributed by atoms with Gasteiger partial charge in [-0.05, 0) is 47.9 Å². The number of piperazine rings is 1. The number of H-pyrrole nitrogens is 1. The van der Waals surface area contributed by atoms with Crippen molar-refractivity contribution in [1.29, 1.82) is 0 Å². The van der Waals surface area contributed by atoms with Crippen LogP contribution >= 0.6 is 24.8 Å². The van der Waals surface area contributed by atoms with E-state index < -0.39 is 0 Å². The third-order valence-electron chi connectivity index (χ3n) is 5.06. The first-order chi connectivity index (χ1) is 9.92. The summed E-state index contributed by atoms with van der Waals surface area (Å²) in [6.45, 7) is 4.64. The van der Waals surface area contributed by atoms with Crippen molar-refractivity contribution in [3.63, 3.8) is 0 Å². The van der Waals surface area contributed by atoms with Crippen molar-refractivity contribution >= 4 is 35.7 Å². The summed E-state index contributed by atoms with van der Waals surface area (Å²) in [6.07, 6.45) is 6.26. The molecule has 1 aromatic heterocycles. The van der Waals surface area contributed by atoms with Crippen molar-refractivity contribution in [1.82, 2.24) is 15.2 Å². The Kier molecular flexibility index (Phi) is 6.16. The van der Waals surface area contributed by atoms with Crippen molar-refractivity contribution in [2.24, 2.45) is 5.92 Å². The molecular formula is C17H25Cl2N3. The molecule has 122 valence electrons. The van der Waals surface area contributed by atoms with Crippen LogP contribution in [0.25, 0.3) is 10.9 Å². The van der Waals surface area contributed by atoms with Crippen LogP contribution in [0.3, 0.4) is 0 Å². The first-order valence-electron chi connectivity index (χ1n) is 7.93. The van der Waals surface area contributed by atoms with Crippen LogP contribution in [0.15, 0.2) is 30.5 Å². The highest BCUT2D eigenvalue weighted by Gasteiger charge is 2.33. The van der Waals surface area contributed by atoms with Crippen LogP contribution in [0, 0.1) is 5.92 Å². The van der Waals surface area contributed by atoms with E-state index in [1.807, 2.05) is 6.20 Å².